The fourth-order valence-electron chi connectivity index (χ4n) is 1.71. The molecule has 0 saturated heterocycles. The largest absolute Gasteiger partial charge is 0.395 e. The van der Waals surface area contributed by atoms with E-state index in [9.17, 15) is 4.79 Å². The van der Waals surface area contributed by atoms with Gasteiger partial charge in [0.2, 0.25) is 0 Å². The van der Waals surface area contributed by atoms with Crippen LogP contribution >= 0.6 is 0 Å². The van der Waals surface area contributed by atoms with Gasteiger partial charge in [0.25, 0.3) is 5.91 Å². The summed E-state index contributed by atoms with van der Waals surface area (Å²) in [5, 5.41) is 13.5. The monoisotopic (exact) mass is 263 g/mol. The van der Waals surface area contributed by atoms with Crippen molar-refractivity contribution in [3.63, 3.8) is 0 Å². The molecular weight excluding hydrogens is 246 g/mol. The van der Waals surface area contributed by atoms with E-state index in [1.54, 1.807) is 18.1 Å². The minimum absolute atomic E-state index is 0.222. The van der Waals surface area contributed by atoms with Crippen molar-refractivity contribution in [1.29, 1.82) is 0 Å². The highest BCUT2D eigenvalue weighted by Crippen LogP contribution is 2.15. The number of aromatic nitrogens is 5. The summed E-state index contributed by atoms with van der Waals surface area (Å²) in [5.74, 6) is 0.210. The van der Waals surface area contributed by atoms with Crippen LogP contribution in [0.4, 0.5) is 5.69 Å². The molecule has 2 aromatic rings. The Bertz CT molecular complexity index is 571. The molecule has 2 heterocycles. The summed E-state index contributed by atoms with van der Waals surface area (Å²) >= 11 is 0. The number of aryl methyl sites for hydroxylation is 2. The number of carbonyl (C=O) groups is 1. The standard InChI is InChI=1S/C11H17N7O/c1-3-4-7-9(12)10(16-15-7)11(19)13-5-8-14-6-18(2)17-8/h6H,3-5,12H2,1-2H3,(H,13,19)(H,15,16). The summed E-state index contributed by atoms with van der Waals surface area (Å²) < 4.78 is 1.57. The molecule has 0 atom stereocenters. The molecular formula is C11H17N7O. The Morgan fingerprint density at radius 2 is 2.37 bits per heavy atom. The molecule has 0 aliphatic carbocycles. The first-order chi connectivity index (χ1) is 9.11. The quantitative estimate of drug-likeness (QED) is 0.702. The van der Waals surface area contributed by atoms with Gasteiger partial charge in [-0.2, -0.15) is 10.2 Å². The number of hydrogen-bond acceptors (Lipinski definition) is 5. The molecule has 0 radical (unpaired) electrons. The number of anilines is 1. The van der Waals surface area contributed by atoms with Gasteiger partial charge in [-0.15, -0.1) is 0 Å². The second-order valence-corrected chi connectivity index (χ2v) is 4.23. The van der Waals surface area contributed by atoms with Gasteiger partial charge in [-0.25, -0.2) is 4.98 Å². The number of nitrogens with zero attached hydrogens (tertiary/aromatic N) is 4. The number of nitrogen functional groups attached to an aromatic ring is 1. The number of amides is 1. The first-order valence-corrected chi connectivity index (χ1v) is 6.07. The molecule has 0 unspecified atom stereocenters. The van der Waals surface area contributed by atoms with E-state index < -0.39 is 0 Å². The number of aromatic amines is 1. The fourth-order valence-corrected chi connectivity index (χ4v) is 1.71. The molecule has 2 aromatic heterocycles. The van der Waals surface area contributed by atoms with E-state index in [0.29, 0.717) is 11.5 Å². The lowest BCUT2D eigenvalue weighted by Gasteiger charge is -2.01. The zero-order valence-electron chi connectivity index (χ0n) is 11.0. The second kappa shape index (κ2) is 5.51. The zero-order valence-corrected chi connectivity index (χ0v) is 11.0. The molecule has 102 valence electrons. The molecule has 8 nitrogen and oxygen atoms in total. The average Bonchev–Trinajstić information content (AvgIpc) is 2.95. The van der Waals surface area contributed by atoms with Crippen molar-refractivity contribution < 1.29 is 4.79 Å². The van der Waals surface area contributed by atoms with Crippen molar-refractivity contribution in [3.8, 4) is 0 Å². The van der Waals surface area contributed by atoms with Crippen LogP contribution in [0.5, 0.6) is 0 Å². The van der Waals surface area contributed by atoms with Gasteiger partial charge < -0.3 is 11.1 Å². The predicted molar refractivity (Wildman–Crippen MR) is 69.2 cm³/mol. The number of rotatable bonds is 5. The van der Waals surface area contributed by atoms with Gasteiger partial charge in [0.15, 0.2) is 11.5 Å². The van der Waals surface area contributed by atoms with Gasteiger partial charge in [0.1, 0.15) is 6.33 Å². The Labute approximate surface area is 110 Å². The van der Waals surface area contributed by atoms with E-state index >= 15 is 0 Å². The number of hydrogen-bond donors (Lipinski definition) is 3. The molecule has 0 aliphatic rings. The Morgan fingerprint density at radius 3 is 3.00 bits per heavy atom. The molecule has 0 aromatic carbocycles. The zero-order chi connectivity index (χ0) is 13.8. The summed E-state index contributed by atoms with van der Waals surface area (Å²) in [6.07, 6.45) is 3.28. The Hall–Kier alpha value is -2.38. The third-order valence-corrected chi connectivity index (χ3v) is 2.65. The number of nitrogens with two attached hydrogens (primary N) is 1. The highest BCUT2D eigenvalue weighted by Gasteiger charge is 2.16. The molecule has 0 spiro atoms. The maximum atomic E-state index is 11.9. The first-order valence-electron chi connectivity index (χ1n) is 6.07. The average molecular weight is 263 g/mol. The fraction of sp³-hybridized carbons (Fsp3) is 0.455. The minimum Gasteiger partial charge on any atom is -0.395 e. The van der Waals surface area contributed by atoms with Crippen LogP contribution in [0.2, 0.25) is 0 Å². The minimum atomic E-state index is -0.330. The highest BCUT2D eigenvalue weighted by atomic mass is 16.1. The lowest BCUT2D eigenvalue weighted by molar-refractivity contribution is 0.0945. The SMILES string of the molecule is CCCc1[nH]nc(C(=O)NCc2ncn(C)n2)c1N. The second-order valence-electron chi connectivity index (χ2n) is 4.23. The van der Waals surface area contributed by atoms with Crippen LogP contribution in [0, 0.1) is 0 Å². The molecule has 0 fully saturated rings. The van der Waals surface area contributed by atoms with Gasteiger partial charge in [0.05, 0.1) is 17.9 Å². The molecule has 1 amide bonds. The van der Waals surface area contributed by atoms with Gasteiger partial charge in [-0.05, 0) is 6.42 Å². The van der Waals surface area contributed by atoms with E-state index in [0.717, 1.165) is 18.5 Å². The van der Waals surface area contributed by atoms with Crippen LogP contribution in [0.3, 0.4) is 0 Å². The molecule has 0 saturated carbocycles. The number of carbonyl (C=O) groups excluding carboxylic acids is 1. The van der Waals surface area contributed by atoms with Crippen molar-refractivity contribution in [2.45, 2.75) is 26.3 Å². The van der Waals surface area contributed by atoms with E-state index in [4.69, 9.17) is 5.73 Å². The predicted octanol–water partition coefficient (Wildman–Crippen LogP) is 0.00290. The van der Waals surface area contributed by atoms with E-state index in [1.165, 1.54) is 0 Å². The molecule has 0 aliphatic heterocycles. The maximum absolute atomic E-state index is 11.9. The van der Waals surface area contributed by atoms with E-state index in [1.807, 2.05) is 6.92 Å². The Morgan fingerprint density at radius 1 is 1.58 bits per heavy atom. The summed E-state index contributed by atoms with van der Waals surface area (Å²) in [6, 6.07) is 0. The van der Waals surface area contributed by atoms with Gasteiger partial charge >= 0.3 is 0 Å². The van der Waals surface area contributed by atoms with Crippen LogP contribution in [0.1, 0.15) is 35.4 Å². The van der Waals surface area contributed by atoms with Crippen molar-refractivity contribution >= 4 is 11.6 Å². The van der Waals surface area contributed by atoms with Crippen molar-refractivity contribution in [2.75, 3.05) is 5.73 Å². The molecule has 8 heteroatoms. The lowest BCUT2D eigenvalue weighted by Crippen LogP contribution is -2.24. The number of H-pyrrole nitrogens is 1. The molecule has 0 bridgehead atoms. The normalized spacial score (nSPS) is 10.6. The molecule has 4 N–H and O–H groups in total. The summed E-state index contributed by atoms with van der Waals surface area (Å²) in [5.41, 5.74) is 7.30. The van der Waals surface area contributed by atoms with Crippen molar-refractivity contribution in [2.24, 2.45) is 7.05 Å². The van der Waals surface area contributed by atoms with Crippen molar-refractivity contribution in [3.05, 3.63) is 23.5 Å². The molecule has 2 rings (SSSR count). The van der Waals surface area contributed by atoms with Crippen LogP contribution in [-0.2, 0) is 20.0 Å². The Kier molecular flexibility index (Phi) is 3.79. The van der Waals surface area contributed by atoms with Crippen LogP contribution in [0.25, 0.3) is 0 Å². The van der Waals surface area contributed by atoms with Crippen LogP contribution in [0.15, 0.2) is 6.33 Å². The number of nitrogens with one attached hydrogen (secondary N) is 2. The summed E-state index contributed by atoms with van der Waals surface area (Å²) in [7, 11) is 1.76. The van der Waals surface area contributed by atoms with Crippen LogP contribution in [-0.4, -0.2) is 30.9 Å². The maximum Gasteiger partial charge on any atom is 0.274 e. The van der Waals surface area contributed by atoms with Crippen molar-refractivity contribution in [1.82, 2.24) is 30.3 Å². The lowest BCUT2D eigenvalue weighted by atomic mass is 10.2. The van der Waals surface area contributed by atoms with E-state index in [-0.39, 0.29) is 18.1 Å². The summed E-state index contributed by atoms with van der Waals surface area (Å²) in [6.45, 7) is 2.28. The topological polar surface area (TPSA) is 115 Å². The van der Waals surface area contributed by atoms with Crippen LogP contribution < -0.4 is 11.1 Å². The van der Waals surface area contributed by atoms with Gasteiger partial charge in [0, 0.05) is 7.05 Å². The molecule has 19 heavy (non-hydrogen) atoms. The smallest absolute Gasteiger partial charge is 0.274 e. The van der Waals surface area contributed by atoms with Gasteiger partial charge in [-0.3, -0.25) is 14.6 Å². The Balaban J connectivity index is 2.00. The third kappa shape index (κ3) is 2.90. The van der Waals surface area contributed by atoms with Gasteiger partial charge in [-0.1, -0.05) is 13.3 Å². The first kappa shape index (κ1) is 13.1. The third-order valence-electron chi connectivity index (χ3n) is 2.65. The van der Waals surface area contributed by atoms with E-state index in [2.05, 4.69) is 25.6 Å². The highest BCUT2D eigenvalue weighted by molar-refractivity contribution is 5.97. The summed E-state index contributed by atoms with van der Waals surface area (Å²) in [4.78, 5) is 15.9.